The minimum absolute atomic E-state index is 0.0327. The summed E-state index contributed by atoms with van der Waals surface area (Å²) in [4.78, 5) is 0. The van der Waals surface area contributed by atoms with Crippen LogP contribution in [0.3, 0.4) is 0 Å². The van der Waals surface area contributed by atoms with E-state index in [4.69, 9.17) is 0 Å². The monoisotopic (exact) mass is 480 g/mol. The van der Waals surface area contributed by atoms with Gasteiger partial charge in [-0.05, 0) is 83.1 Å². The molecule has 180 valence electrons. The second kappa shape index (κ2) is 8.88. The lowest BCUT2D eigenvalue weighted by Gasteiger charge is -2.22. The van der Waals surface area contributed by atoms with Gasteiger partial charge in [-0.15, -0.1) is 0 Å². The summed E-state index contributed by atoms with van der Waals surface area (Å²) < 4.78 is 0. The van der Waals surface area contributed by atoms with E-state index in [9.17, 15) is 10.0 Å². The van der Waals surface area contributed by atoms with Gasteiger partial charge in [0.05, 0.1) is 0 Å². The molecule has 37 heavy (non-hydrogen) atoms. The Hall–Kier alpha value is -3.92. The molecule has 0 atom stereocenters. The second-order valence-corrected chi connectivity index (χ2v) is 10.9. The zero-order valence-corrected chi connectivity index (χ0v) is 21.4. The van der Waals surface area contributed by atoms with Crippen molar-refractivity contribution in [2.45, 2.75) is 26.2 Å². The van der Waals surface area contributed by atoms with Gasteiger partial charge in [0.2, 0.25) is 0 Å². The molecule has 0 heterocycles. The van der Waals surface area contributed by atoms with Gasteiger partial charge in [-0.2, -0.15) is 0 Å². The Kier molecular flexibility index (Phi) is 5.64. The lowest BCUT2D eigenvalue weighted by molar-refractivity contribution is 0.426. The average Bonchev–Trinajstić information content (AvgIpc) is 2.90. The molecule has 0 aliphatic heterocycles. The Morgan fingerprint density at radius 1 is 0.514 bits per heavy atom. The van der Waals surface area contributed by atoms with Crippen molar-refractivity contribution < 1.29 is 10.0 Å². The molecule has 2 N–H and O–H groups in total. The SMILES string of the molecule is CC(C)(C)c1ccc2c(B(O)O)c3ccccc3c(-c3ccc(-c4ccc5ccccc5c4)cc3)c2c1. The van der Waals surface area contributed by atoms with Crippen molar-refractivity contribution in [1.29, 1.82) is 0 Å². The molecule has 0 saturated carbocycles. The van der Waals surface area contributed by atoms with Gasteiger partial charge < -0.3 is 10.0 Å². The normalized spacial score (nSPS) is 11.9. The molecule has 0 amide bonds. The highest BCUT2D eigenvalue weighted by molar-refractivity contribution is 6.66. The average molecular weight is 480 g/mol. The number of hydrogen-bond acceptors (Lipinski definition) is 2. The zero-order valence-electron chi connectivity index (χ0n) is 21.4. The molecule has 0 unspecified atom stereocenters. The highest BCUT2D eigenvalue weighted by atomic mass is 16.4. The van der Waals surface area contributed by atoms with E-state index >= 15 is 0 Å². The van der Waals surface area contributed by atoms with Gasteiger partial charge in [-0.25, -0.2) is 0 Å². The van der Waals surface area contributed by atoms with E-state index in [-0.39, 0.29) is 5.41 Å². The molecule has 0 radical (unpaired) electrons. The molecule has 3 heteroatoms. The fourth-order valence-electron chi connectivity index (χ4n) is 5.47. The molecule has 0 fully saturated rings. The molecule has 0 bridgehead atoms. The fraction of sp³-hybridized carbons (Fsp3) is 0.118. The molecule has 2 nitrogen and oxygen atoms in total. The van der Waals surface area contributed by atoms with E-state index in [0.29, 0.717) is 5.46 Å². The van der Waals surface area contributed by atoms with E-state index in [1.165, 1.54) is 27.5 Å². The van der Waals surface area contributed by atoms with Crippen molar-refractivity contribution >= 4 is 44.9 Å². The van der Waals surface area contributed by atoms with Gasteiger partial charge in [0.15, 0.2) is 0 Å². The molecule has 6 aromatic rings. The van der Waals surface area contributed by atoms with Crippen molar-refractivity contribution in [2.24, 2.45) is 0 Å². The number of benzene rings is 6. The van der Waals surface area contributed by atoms with Crippen LogP contribution in [-0.4, -0.2) is 17.2 Å². The maximum Gasteiger partial charge on any atom is 0.489 e. The summed E-state index contributed by atoms with van der Waals surface area (Å²) in [5.41, 5.74) is 6.32. The van der Waals surface area contributed by atoms with E-state index in [2.05, 4.69) is 106 Å². The van der Waals surface area contributed by atoms with Gasteiger partial charge >= 0.3 is 7.12 Å². The molecule has 0 aromatic heterocycles. The van der Waals surface area contributed by atoms with Crippen LogP contribution in [0.1, 0.15) is 26.3 Å². The molecule has 0 aliphatic rings. The van der Waals surface area contributed by atoms with Crippen molar-refractivity contribution in [2.75, 3.05) is 0 Å². The molecule has 0 spiro atoms. The second-order valence-electron chi connectivity index (χ2n) is 10.9. The van der Waals surface area contributed by atoms with E-state index in [0.717, 1.165) is 32.7 Å². The van der Waals surface area contributed by atoms with Crippen molar-refractivity contribution in [3.63, 3.8) is 0 Å². The molecular formula is C34H29BO2. The first-order valence-corrected chi connectivity index (χ1v) is 12.8. The van der Waals surface area contributed by atoms with E-state index in [1.54, 1.807) is 0 Å². The third-order valence-corrected chi connectivity index (χ3v) is 7.45. The molecular weight excluding hydrogens is 451 g/mol. The highest BCUT2D eigenvalue weighted by Gasteiger charge is 2.24. The Balaban J connectivity index is 1.59. The largest absolute Gasteiger partial charge is 0.489 e. The lowest BCUT2D eigenvalue weighted by Crippen LogP contribution is -2.31. The maximum absolute atomic E-state index is 10.4. The van der Waals surface area contributed by atoms with Crippen molar-refractivity contribution in [3.8, 4) is 22.3 Å². The zero-order chi connectivity index (χ0) is 25.7. The number of rotatable bonds is 3. The predicted octanol–water partition coefficient (Wildman–Crippen LogP) is 7.46. The van der Waals surface area contributed by atoms with Crippen LogP contribution >= 0.6 is 0 Å². The summed E-state index contributed by atoms with van der Waals surface area (Å²) in [6, 6.07) is 38.2. The van der Waals surface area contributed by atoms with Crippen LogP contribution in [0.2, 0.25) is 0 Å². The van der Waals surface area contributed by atoms with Crippen LogP contribution in [-0.2, 0) is 5.41 Å². The van der Waals surface area contributed by atoms with Crippen LogP contribution in [0.15, 0.2) is 109 Å². The quantitative estimate of drug-likeness (QED) is 0.204. The van der Waals surface area contributed by atoms with Gasteiger partial charge in [-0.1, -0.05) is 118 Å². The van der Waals surface area contributed by atoms with Crippen molar-refractivity contribution in [3.05, 3.63) is 115 Å². The first kappa shape index (κ1) is 23.5. The van der Waals surface area contributed by atoms with Gasteiger partial charge in [-0.3, -0.25) is 0 Å². The fourth-order valence-corrected chi connectivity index (χ4v) is 5.47. The summed E-state index contributed by atoms with van der Waals surface area (Å²) in [7, 11) is -1.56. The molecule has 6 aromatic carbocycles. The lowest BCUT2D eigenvalue weighted by atomic mass is 9.71. The minimum atomic E-state index is -1.56. The molecule has 6 rings (SSSR count). The smallest absolute Gasteiger partial charge is 0.423 e. The van der Waals surface area contributed by atoms with Gasteiger partial charge in [0.1, 0.15) is 0 Å². The summed E-state index contributed by atoms with van der Waals surface area (Å²) in [6.45, 7) is 6.61. The van der Waals surface area contributed by atoms with Crippen LogP contribution in [0.4, 0.5) is 0 Å². The van der Waals surface area contributed by atoms with Crippen LogP contribution in [0, 0.1) is 0 Å². The summed E-state index contributed by atoms with van der Waals surface area (Å²) >= 11 is 0. The van der Waals surface area contributed by atoms with Gasteiger partial charge in [0, 0.05) is 0 Å². The third kappa shape index (κ3) is 4.11. The van der Waals surface area contributed by atoms with E-state index in [1.807, 2.05) is 24.3 Å². The summed E-state index contributed by atoms with van der Waals surface area (Å²) in [5.74, 6) is 0. The highest BCUT2D eigenvalue weighted by Crippen LogP contribution is 2.38. The Morgan fingerprint density at radius 2 is 1.11 bits per heavy atom. The van der Waals surface area contributed by atoms with Crippen LogP contribution in [0.5, 0.6) is 0 Å². The Bertz CT molecular complexity index is 1780. The van der Waals surface area contributed by atoms with Gasteiger partial charge in [0.25, 0.3) is 0 Å². The first-order chi connectivity index (χ1) is 17.8. The summed E-state index contributed by atoms with van der Waals surface area (Å²) in [6.07, 6.45) is 0. The standard InChI is InChI=1S/C34H29BO2/c1-34(2,3)27-18-19-30-31(21-27)32(28-10-6-7-11-29(28)33(30)35(36)37)24-15-12-23(13-16-24)26-17-14-22-8-4-5-9-25(22)20-26/h4-21,36-37H,1-3H3. The number of fused-ring (bicyclic) bond motifs is 3. The van der Waals surface area contributed by atoms with Crippen LogP contribution < -0.4 is 5.46 Å². The molecule has 0 aliphatic carbocycles. The van der Waals surface area contributed by atoms with Crippen LogP contribution in [0.25, 0.3) is 54.6 Å². The third-order valence-electron chi connectivity index (χ3n) is 7.45. The predicted molar refractivity (Wildman–Crippen MR) is 158 cm³/mol. The minimum Gasteiger partial charge on any atom is -0.423 e. The van der Waals surface area contributed by atoms with Crippen molar-refractivity contribution in [1.82, 2.24) is 0 Å². The summed E-state index contributed by atoms with van der Waals surface area (Å²) in [5, 5.41) is 27.1. The topological polar surface area (TPSA) is 40.5 Å². The maximum atomic E-state index is 10.4. The number of hydrogen-bond donors (Lipinski definition) is 2. The van der Waals surface area contributed by atoms with E-state index < -0.39 is 7.12 Å². The Labute approximate surface area is 218 Å². The first-order valence-electron chi connectivity index (χ1n) is 12.8. The Morgan fingerprint density at radius 3 is 1.81 bits per heavy atom. The molecule has 0 saturated heterocycles.